The van der Waals surface area contributed by atoms with Gasteiger partial charge in [0.05, 0.1) is 13.2 Å². The average molecular weight is 530 g/mol. The minimum absolute atomic E-state index is 0.232. The molecule has 0 radical (unpaired) electrons. The minimum atomic E-state index is -1.11. The molecule has 2 N–H and O–H groups in total. The third kappa shape index (κ3) is 9.60. The zero-order valence-electron chi connectivity index (χ0n) is 23.6. The van der Waals surface area contributed by atoms with E-state index in [0.717, 1.165) is 52.2 Å². The van der Waals surface area contributed by atoms with E-state index in [1.54, 1.807) is 7.05 Å². The number of nitrogens with zero attached hydrogens (tertiary/aromatic N) is 1. The summed E-state index contributed by atoms with van der Waals surface area (Å²) < 4.78 is 36.2. The molecule has 0 saturated carbocycles. The number of morpholine rings is 1. The van der Waals surface area contributed by atoms with Gasteiger partial charge >= 0.3 is 6.09 Å². The second-order valence-corrected chi connectivity index (χ2v) is 10.8. The maximum atomic E-state index is 12.2. The molecule has 10 nitrogen and oxygen atoms in total. The van der Waals surface area contributed by atoms with Crippen LogP contribution in [0.5, 0.6) is 0 Å². The lowest BCUT2D eigenvalue weighted by molar-refractivity contribution is -0.277. The van der Waals surface area contributed by atoms with Gasteiger partial charge in [-0.25, -0.2) is 4.79 Å². The number of amides is 1. The number of fused-ring (bicyclic) bond motifs is 1. The molecule has 1 amide bonds. The number of rotatable bonds is 17. The Hall–Kier alpha value is -1.01. The summed E-state index contributed by atoms with van der Waals surface area (Å²) in [5, 5.41) is 6.00. The van der Waals surface area contributed by atoms with E-state index < -0.39 is 36.0 Å². The molecule has 3 fully saturated rings. The van der Waals surface area contributed by atoms with Crippen molar-refractivity contribution in [2.75, 3.05) is 66.2 Å². The third-order valence-electron chi connectivity index (χ3n) is 7.23. The van der Waals surface area contributed by atoms with Crippen molar-refractivity contribution in [1.29, 1.82) is 0 Å². The van der Waals surface area contributed by atoms with Crippen LogP contribution >= 0.6 is 0 Å². The average Bonchev–Trinajstić information content (AvgIpc) is 3.30. The smallest absolute Gasteiger partial charge is 0.407 e. The molecule has 3 rings (SSSR count). The Bertz CT molecular complexity index is 662. The Kier molecular flexibility index (Phi) is 12.8. The van der Waals surface area contributed by atoms with Gasteiger partial charge in [-0.05, 0) is 20.3 Å². The Morgan fingerprint density at radius 1 is 1.03 bits per heavy atom. The molecule has 10 heteroatoms. The molecule has 0 aromatic heterocycles. The van der Waals surface area contributed by atoms with E-state index >= 15 is 0 Å². The first kappa shape index (κ1) is 30.5. The predicted molar refractivity (Wildman–Crippen MR) is 141 cm³/mol. The molecule has 3 saturated heterocycles. The van der Waals surface area contributed by atoms with E-state index in [1.165, 1.54) is 38.5 Å². The van der Waals surface area contributed by atoms with Gasteiger partial charge in [-0.2, -0.15) is 0 Å². The fraction of sp³-hybridized carbons (Fsp3) is 0.963. The summed E-state index contributed by atoms with van der Waals surface area (Å²) in [5.74, 6) is -1.98. The van der Waals surface area contributed by atoms with Crippen LogP contribution in [0.4, 0.5) is 4.79 Å². The van der Waals surface area contributed by atoms with Crippen molar-refractivity contribution in [3.05, 3.63) is 0 Å². The number of ether oxygens (including phenoxy) is 6. The standard InChI is InChI=1S/C27H51N3O7/c1-5-6-7-8-9-10-11-12-17-33-21-27-24(36-26(2,3)37-27)23(34-25(31)28-4)22(35-27)20-29-13-14-30-15-18-32-19-16-30/h22-24,29H,5-21H2,1-4H3,(H,28,31)/t22-,23+,24-,27-/m0/s1. The van der Waals surface area contributed by atoms with Crippen molar-refractivity contribution in [3.8, 4) is 0 Å². The lowest BCUT2D eigenvalue weighted by atomic mass is 10.1. The summed E-state index contributed by atoms with van der Waals surface area (Å²) in [5.41, 5.74) is 0. The fourth-order valence-corrected chi connectivity index (χ4v) is 5.30. The van der Waals surface area contributed by atoms with Gasteiger partial charge in [-0.3, -0.25) is 4.90 Å². The molecule has 4 atom stereocenters. The van der Waals surface area contributed by atoms with Crippen LogP contribution in [0.2, 0.25) is 0 Å². The van der Waals surface area contributed by atoms with Gasteiger partial charge in [0.1, 0.15) is 12.7 Å². The molecule has 0 aromatic carbocycles. The maximum Gasteiger partial charge on any atom is 0.407 e. The number of hydrogen-bond acceptors (Lipinski definition) is 9. The first-order valence-corrected chi connectivity index (χ1v) is 14.4. The lowest BCUT2D eigenvalue weighted by Crippen LogP contribution is -2.47. The number of unbranched alkanes of at least 4 members (excludes halogenated alkanes) is 7. The Morgan fingerprint density at radius 3 is 2.43 bits per heavy atom. The van der Waals surface area contributed by atoms with Crippen LogP contribution in [-0.2, 0) is 28.4 Å². The van der Waals surface area contributed by atoms with Crippen LogP contribution in [0.15, 0.2) is 0 Å². The molecule has 3 heterocycles. The normalized spacial score (nSPS) is 29.4. The van der Waals surface area contributed by atoms with Gasteiger partial charge in [-0.1, -0.05) is 51.9 Å². The lowest BCUT2D eigenvalue weighted by Gasteiger charge is -2.29. The number of alkyl carbamates (subject to hydrolysis) is 1. The van der Waals surface area contributed by atoms with Crippen LogP contribution in [0.3, 0.4) is 0 Å². The highest BCUT2D eigenvalue weighted by molar-refractivity contribution is 5.67. The molecule has 3 aliphatic heterocycles. The van der Waals surface area contributed by atoms with E-state index in [4.69, 9.17) is 28.4 Å². The number of nitrogens with one attached hydrogen (secondary N) is 2. The first-order valence-electron chi connectivity index (χ1n) is 14.4. The van der Waals surface area contributed by atoms with Crippen molar-refractivity contribution in [3.63, 3.8) is 0 Å². The first-order chi connectivity index (χ1) is 17.9. The van der Waals surface area contributed by atoms with Crippen LogP contribution in [0, 0.1) is 0 Å². The van der Waals surface area contributed by atoms with E-state index in [1.807, 2.05) is 13.8 Å². The summed E-state index contributed by atoms with van der Waals surface area (Å²) in [6.07, 6.45) is 7.82. The molecule has 3 aliphatic rings. The van der Waals surface area contributed by atoms with E-state index in [-0.39, 0.29) is 6.61 Å². The topological polar surface area (TPSA) is 99.8 Å². The molecule has 0 aliphatic carbocycles. The Labute approximate surface area is 223 Å². The van der Waals surface area contributed by atoms with E-state index in [0.29, 0.717) is 13.2 Å². The number of carbonyl (C=O) groups is 1. The molecule has 37 heavy (non-hydrogen) atoms. The molecular weight excluding hydrogens is 478 g/mol. The second-order valence-electron chi connectivity index (χ2n) is 10.8. The maximum absolute atomic E-state index is 12.2. The minimum Gasteiger partial charge on any atom is -0.440 e. The van der Waals surface area contributed by atoms with Crippen LogP contribution in [0.25, 0.3) is 0 Å². The van der Waals surface area contributed by atoms with Gasteiger partial charge in [0.15, 0.2) is 18.0 Å². The predicted octanol–water partition coefficient (Wildman–Crippen LogP) is 3.04. The molecule has 0 unspecified atom stereocenters. The summed E-state index contributed by atoms with van der Waals surface area (Å²) >= 11 is 0. The third-order valence-corrected chi connectivity index (χ3v) is 7.23. The van der Waals surface area contributed by atoms with E-state index in [2.05, 4.69) is 22.5 Å². The molecule has 0 spiro atoms. The van der Waals surface area contributed by atoms with Gasteiger partial charge in [0.2, 0.25) is 5.79 Å². The van der Waals surface area contributed by atoms with Gasteiger partial charge in [0, 0.05) is 46.4 Å². The number of hydrogen-bond donors (Lipinski definition) is 2. The zero-order valence-corrected chi connectivity index (χ0v) is 23.6. The van der Waals surface area contributed by atoms with Crippen molar-refractivity contribution < 1.29 is 33.2 Å². The van der Waals surface area contributed by atoms with E-state index in [9.17, 15) is 4.79 Å². The fourth-order valence-electron chi connectivity index (χ4n) is 5.30. The van der Waals surface area contributed by atoms with Crippen molar-refractivity contribution in [1.82, 2.24) is 15.5 Å². The molecule has 216 valence electrons. The highest BCUT2D eigenvalue weighted by Crippen LogP contribution is 2.46. The van der Waals surface area contributed by atoms with Gasteiger partial charge in [-0.15, -0.1) is 0 Å². The summed E-state index contributed by atoms with van der Waals surface area (Å²) in [6.45, 7) is 12.5. The van der Waals surface area contributed by atoms with Crippen LogP contribution < -0.4 is 10.6 Å². The largest absolute Gasteiger partial charge is 0.440 e. The quantitative estimate of drug-likeness (QED) is 0.275. The highest BCUT2D eigenvalue weighted by Gasteiger charge is 2.66. The van der Waals surface area contributed by atoms with Crippen LogP contribution in [0.1, 0.15) is 72.1 Å². The SMILES string of the molecule is CCCCCCCCCCOC[C@@]12O[C@@H](CNCCN3CCOCC3)[C@@H](OC(=O)NC)[C@@H]1OC(C)(C)O2. The Morgan fingerprint density at radius 2 is 1.73 bits per heavy atom. The van der Waals surface area contributed by atoms with Gasteiger partial charge < -0.3 is 39.1 Å². The number of carbonyl (C=O) groups excluding carboxylic acids is 1. The van der Waals surface area contributed by atoms with Crippen LogP contribution in [-0.4, -0.2) is 107 Å². The summed E-state index contributed by atoms with van der Waals surface area (Å²) in [4.78, 5) is 14.6. The van der Waals surface area contributed by atoms with Crippen molar-refractivity contribution in [2.24, 2.45) is 0 Å². The molecule has 0 bridgehead atoms. The van der Waals surface area contributed by atoms with Crippen molar-refractivity contribution >= 4 is 6.09 Å². The zero-order chi connectivity index (χ0) is 26.6. The highest BCUT2D eigenvalue weighted by atomic mass is 16.9. The Balaban J connectivity index is 1.49. The second kappa shape index (κ2) is 15.5. The van der Waals surface area contributed by atoms with Gasteiger partial charge in [0.25, 0.3) is 0 Å². The molecular formula is C27H51N3O7. The monoisotopic (exact) mass is 529 g/mol. The van der Waals surface area contributed by atoms with Crippen molar-refractivity contribution in [2.45, 2.75) is 102 Å². The molecule has 0 aromatic rings. The summed E-state index contributed by atoms with van der Waals surface area (Å²) in [7, 11) is 1.55. The summed E-state index contributed by atoms with van der Waals surface area (Å²) in [6, 6.07) is 0.